The van der Waals surface area contributed by atoms with E-state index in [1.165, 1.54) is 35.4 Å². The quantitative estimate of drug-likeness (QED) is 0.474. The maximum absolute atomic E-state index is 5.64. The fourth-order valence-electron chi connectivity index (χ4n) is 3.79. The predicted molar refractivity (Wildman–Crippen MR) is 107 cm³/mol. The Hall–Kier alpha value is -2.79. The molecule has 5 nitrogen and oxygen atoms in total. The Morgan fingerprint density at radius 3 is 2.50 bits per heavy atom. The summed E-state index contributed by atoms with van der Waals surface area (Å²) in [5, 5.41) is 0. The Labute approximate surface area is 154 Å². The van der Waals surface area contributed by atoms with Gasteiger partial charge in [0, 0.05) is 5.69 Å². The van der Waals surface area contributed by atoms with Crippen LogP contribution in [0.2, 0.25) is 0 Å². The van der Waals surface area contributed by atoms with Gasteiger partial charge in [-0.3, -0.25) is 10.7 Å². The largest absolute Gasteiger partial charge is 0.327 e. The molecule has 134 valence electrons. The Kier molecular flexibility index (Phi) is 4.39. The number of H-pyrrole nitrogens is 1. The van der Waals surface area contributed by atoms with Gasteiger partial charge in [-0.15, -0.1) is 0 Å². The van der Waals surface area contributed by atoms with Gasteiger partial charge < -0.3 is 10.4 Å². The summed E-state index contributed by atoms with van der Waals surface area (Å²) in [6, 6.07) is 14.5. The number of nitrogen functional groups attached to an aromatic ring is 1. The lowest BCUT2D eigenvalue weighted by Crippen LogP contribution is -2.15. The molecule has 0 spiro atoms. The number of imidazole rings is 1. The molecule has 0 bridgehead atoms. The Balaban J connectivity index is 1.90. The molecule has 0 radical (unpaired) electrons. The van der Waals surface area contributed by atoms with Crippen molar-refractivity contribution in [3.8, 4) is 0 Å². The number of aromatic nitrogens is 2. The van der Waals surface area contributed by atoms with Crippen molar-refractivity contribution in [1.82, 2.24) is 9.97 Å². The van der Waals surface area contributed by atoms with Crippen LogP contribution >= 0.6 is 0 Å². The van der Waals surface area contributed by atoms with Gasteiger partial charge in [0.1, 0.15) is 0 Å². The third kappa shape index (κ3) is 2.95. The average Bonchev–Trinajstić information content (AvgIpc) is 3.08. The predicted octanol–water partition coefficient (Wildman–Crippen LogP) is 4.66. The highest BCUT2D eigenvalue weighted by molar-refractivity contribution is 5.79. The van der Waals surface area contributed by atoms with Crippen molar-refractivity contribution >= 4 is 23.0 Å². The van der Waals surface area contributed by atoms with E-state index in [2.05, 4.69) is 53.4 Å². The van der Waals surface area contributed by atoms with Crippen LogP contribution in [0.1, 0.15) is 35.4 Å². The number of aromatic amines is 1. The van der Waals surface area contributed by atoms with E-state index in [0.717, 1.165) is 35.9 Å². The number of hydrazine groups is 1. The van der Waals surface area contributed by atoms with E-state index in [4.69, 9.17) is 10.8 Å². The highest BCUT2D eigenvalue weighted by atomic mass is 15.3. The Bertz CT molecular complexity index is 884. The molecule has 0 unspecified atom stereocenters. The molecular formula is C21H25N5. The number of anilines is 4. The smallest absolute Gasteiger partial charge is 0.212 e. The summed E-state index contributed by atoms with van der Waals surface area (Å²) in [5.74, 6) is 6.52. The first-order chi connectivity index (χ1) is 12.7. The van der Waals surface area contributed by atoms with E-state index in [1.54, 1.807) is 0 Å². The minimum absolute atomic E-state index is 0.870. The second-order valence-corrected chi connectivity index (χ2v) is 6.96. The SMILES string of the molecule is Cc1cccc(C)c1N(c1cccc(NN)c1)c1nc2c([nH]1)CCCC2. The normalized spacial score (nSPS) is 13.3. The van der Waals surface area contributed by atoms with Gasteiger partial charge in [0.15, 0.2) is 0 Å². The van der Waals surface area contributed by atoms with Gasteiger partial charge in [0.25, 0.3) is 0 Å². The molecule has 0 amide bonds. The summed E-state index contributed by atoms with van der Waals surface area (Å²) < 4.78 is 0. The van der Waals surface area contributed by atoms with Crippen LogP contribution < -0.4 is 16.2 Å². The van der Waals surface area contributed by atoms with Gasteiger partial charge in [0.05, 0.1) is 22.8 Å². The van der Waals surface area contributed by atoms with Crippen molar-refractivity contribution in [1.29, 1.82) is 0 Å². The van der Waals surface area contributed by atoms with Gasteiger partial charge in [-0.25, -0.2) is 4.98 Å². The third-order valence-electron chi connectivity index (χ3n) is 5.09. The topological polar surface area (TPSA) is 70.0 Å². The molecule has 3 aromatic rings. The van der Waals surface area contributed by atoms with Crippen LogP contribution in [0.4, 0.5) is 23.0 Å². The zero-order valence-corrected chi connectivity index (χ0v) is 15.3. The molecule has 4 N–H and O–H groups in total. The molecule has 1 aliphatic carbocycles. The van der Waals surface area contributed by atoms with Crippen molar-refractivity contribution in [2.45, 2.75) is 39.5 Å². The van der Waals surface area contributed by atoms with Gasteiger partial charge >= 0.3 is 0 Å². The first-order valence-corrected chi connectivity index (χ1v) is 9.18. The number of benzene rings is 2. The lowest BCUT2D eigenvalue weighted by molar-refractivity contribution is 0.667. The number of nitrogens with two attached hydrogens (primary N) is 1. The molecular weight excluding hydrogens is 322 g/mol. The summed E-state index contributed by atoms with van der Waals surface area (Å²) in [7, 11) is 0. The number of fused-ring (bicyclic) bond motifs is 1. The average molecular weight is 347 g/mol. The van der Waals surface area contributed by atoms with E-state index in [1.807, 2.05) is 18.2 Å². The molecule has 1 heterocycles. The number of para-hydroxylation sites is 1. The minimum atomic E-state index is 0.870. The van der Waals surface area contributed by atoms with Crippen molar-refractivity contribution in [2.24, 2.45) is 5.84 Å². The van der Waals surface area contributed by atoms with Crippen molar-refractivity contribution < 1.29 is 0 Å². The summed E-state index contributed by atoms with van der Waals surface area (Å²) in [5.41, 5.74) is 10.7. The van der Waals surface area contributed by atoms with Crippen LogP contribution in [0.3, 0.4) is 0 Å². The molecule has 4 rings (SSSR count). The summed E-state index contributed by atoms with van der Waals surface area (Å²) in [6.07, 6.45) is 4.57. The second-order valence-electron chi connectivity index (χ2n) is 6.96. The van der Waals surface area contributed by atoms with Crippen LogP contribution in [-0.2, 0) is 12.8 Å². The maximum atomic E-state index is 5.64. The first kappa shape index (κ1) is 16.7. The van der Waals surface area contributed by atoms with E-state index in [-0.39, 0.29) is 0 Å². The zero-order valence-electron chi connectivity index (χ0n) is 15.3. The number of aryl methyl sites for hydroxylation is 4. The first-order valence-electron chi connectivity index (χ1n) is 9.18. The number of rotatable bonds is 4. The molecule has 2 aromatic carbocycles. The number of hydrogen-bond acceptors (Lipinski definition) is 4. The van der Waals surface area contributed by atoms with Crippen molar-refractivity contribution in [2.75, 3.05) is 10.3 Å². The molecule has 0 aliphatic heterocycles. The highest BCUT2D eigenvalue weighted by Gasteiger charge is 2.23. The van der Waals surface area contributed by atoms with Crippen LogP contribution in [0.15, 0.2) is 42.5 Å². The van der Waals surface area contributed by atoms with Crippen LogP contribution in [0, 0.1) is 13.8 Å². The van der Waals surface area contributed by atoms with Crippen molar-refractivity contribution in [3.63, 3.8) is 0 Å². The molecule has 5 heteroatoms. The fourth-order valence-corrected chi connectivity index (χ4v) is 3.79. The molecule has 0 saturated heterocycles. The summed E-state index contributed by atoms with van der Waals surface area (Å²) in [4.78, 5) is 10.8. The Morgan fingerprint density at radius 2 is 1.77 bits per heavy atom. The molecule has 0 saturated carbocycles. The van der Waals surface area contributed by atoms with Crippen LogP contribution in [0.5, 0.6) is 0 Å². The standard InChI is InChI=1S/C21H25N5/c1-14-7-5-8-15(2)20(14)26(17-10-6-9-16(13-17)25-22)21-23-18-11-3-4-12-19(18)24-21/h5-10,13,25H,3-4,11-12,22H2,1-2H3,(H,23,24). The monoisotopic (exact) mass is 347 g/mol. The molecule has 0 atom stereocenters. The number of nitrogens with one attached hydrogen (secondary N) is 2. The van der Waals surface area contributed by atoms with E-state index >= 15 is 0 Å². The number of nitrogens with zero attached hydrogens (tertiary/aromatic N) is 2. The highest BCUT2D eigenvalue weighted by Crippen LogP contribution is 2.38. The molecule has 1 aliphatic rings. The van der Waals surface area contributed by atoms with Gasteiger partial charge in [-0.1, -0.05) is 24.3 Å². The van der Waals surface area contributed by atoms with Gasteiger partial charge in [-0.2, -0.15) is 0 Å². The van der Waals surface area contributed by atoms with Crippen LogP contribution in [-0.4, -0.2) is 9.97 Å². The Morgan fingerprint density at radius 1 is 1.04 bits per heavy atom. The summed E-state index contributed by atoms with van der Waals surface area (Å²) in [6.45, 7) is 4.28. The maximum Gasteiger partial charge on any atom is 0.212 e. The van der Waals surface area contributed by atoms with E-state index in [9.17, 15) is 0 Å². The third-order valence-corrected chi connectivity index (χ3v) is 5.09. The van der Waals surface area contributed by atoms with Gasteiger partial charge in [0.2, 0.25) is 5.95 Å². The molecule has 1 aromatic heterocycles. The zero-order chi connectivity index (χ0) is 18.1. The fraction of sp³-hybridized carbons (Fsp3) is 0.286. The minimum Gasteiger partial charge on any atom is -0.327 e. The van der Waals surface area contributed by atoms with E-state index < -0.39 is 0 Å². The lowest BCUT2D eigenvalue weighted by atomic mass is 10.0. The van der Waals surface area contributed by atoms with Gasteiger partial charge in [-0.05, 0) is 68.9 Å². The van der Waals surface area contributed by atoms with Crippen molar-refractivity contribution in [3.05, 3.63) is 65.0 Å². The molecule has 26 heavy (non-hydrogen) atoms. The number of hydrogen-bond donors (Lipinski definition) is 3. The van der Waals surface area contributed by atoms with E-state index in [0.29, 0.717) is 0 Å². The van der Waals surface area contributed by atoms with Crippen LogP contribution in [0.25, 0.3) is 0 Å². The molecule has 0 fully saturated rings. The lowest BCUT2D eigenvalue weighted by Gasteiger charge is -2.26. The second kappa shape index (κ2) is 6.84. The summed E-state index contributed by atoms with van der Waals surface area (Å²) >= 11 is 0.